The zero-order valence-electron chi connectivity index (χ0n) is 8.58. The van der Waals surface area contributed by atoms with Crippen LogP contribution in [0.3, 0.4) is 0 Å². The van der Waals surface area contributed by atoms with E-state index in [1.165, 1.54) is 0 Å². The summed E-state index contributed by atoms with van der Waals surface area (Å²) in [4.78, 5) is 21.5. The Hall–Kier alpha value is -2.09. The maximum absolute atomic E-state index is 10.8. The molecule has 1 aromatic rings. The maximum Gasteiger partial charge on any atom is 0.336 e. The Morgan fingerprint density at radius 1 is 1.12 bits per heavy atom. The van der Waals surface area contributed by atoms with E-state index in [4.69, 9.17) is 10.2 Å². The molecular formula is C9H8O7S. The van der Waals surface area contributed by atoms with Gasteiger partial charge in [-0.15, -0.1) is 0 Å². The minimum Gasteiger partial charge on any atom is -0.478 e. The predicted molar refractivity (Wildman–Crippen MR) is 55.8 cm³/mol. The van der Waals surface area contributed by atoms with Gasteiger partial charge in [0.1, 0.15) is 5.75 Å². The Balaban J connectivity index is 3.28. The van der Waals surface area contributed by atoms with Crippen molar-refractivity contribution in [3.05, 3.63) is 29.3 Å². The van der Waals surface area contributed by atoms with Gasteiger partial charge in [0.05, 0.1) is 17.4 Å². The number of carboxylic acids is 2. The standard InChI is InChI=1S/C9H8O7S/c1-17(14,15)16-5-2-3-6(8(10)11)7(4-5)9(12)13/h2-4H,1H3,(H,10,11)(H,12,13). The molecule has 0 aliphatic heterocycles. The average molecular weight is 260 g/mol. The lowest BCUT2D eigenvalue weighted by molar-refractivity contribution is 0.0651. The highest BCUT2D eigenvalue weighted by Crippen LogP contribution is 2.19. The van der Waals surface area contributed by atoms with E-state index in [2.05, 4.69) is 4.18 Å². The molecule has 0 spiro atoms. The van der Waals surface area contributed by atoms with Crippen molar-refractivity contribution in [3.8, 4) is 5.75 Å². The van der Waals surface area contributed by atoms with Gasteiger partial charge in [0.25, 0.3) is 0 Å². The molecule has 0 saturated heterocycles. The van der Waals surface area contributed by atoms with Gasteiger partial charge in [-0.05, 0) is 18.2 Å². The van der Waals surface area contributed by atoms with E-state index in [9.17, 15) is 18.0 Å². The van der Waals surface area contributed by atoms with E-state index in [1.807, 2.05) is 0 Å². The minimum atomic E-state index is -3.79. The predicted octanol–water partition coefficient (Wildman–Crippen LogP) is 0.421. The largest absolute Gasteiger partial charge is 0.478 e. The molecule has 1 aromatic carbocycles. The molecule has 0 fully saturated rings. The first kappa shape index (κ1) is 13.0. The van der Waals surface area contributed by atoms with Crippen molar-refractivity contribution in [3.63, 3.8) is 0 Å². The highest BCUT2D eigenvalue weighted by atomic mass is 32.2. The highest BCUT2D eigenvalue weighted by molar-refractivity contribution is 7.86. The third-order valence-electron chi connectivity index (χ3n) is 1.70. The van der Waals surface area contributed by atoms with Gasteiger partial charge < -0.3 is 14.4 Å². The number of aromatic carboxylic acids is 2. The molecular weight excluding hydrogens is 252 g/mol. The number of carbonyl (C=O) groups is 2. The lowest BCUT2D eigenvalue weighted by Gasteiger charge is -2.05. The van der Waals surface area contributed by atoms with Gasteiger partial charge >= 0.3 is 22.1 Å². The topological polar surface area (TPSA) is 118 Å². The first-order valence-corrected chi connectivity index (χ1v) is 6.02. The molecule has 0 saturated carbocycles. The zero-order valence-corrected chi connectivity index (χ0v) is 9.39. The van der Waals surface area contributed by atoms with Crippen molar-refractivity contribution >= 4 is 22.1 Å². The van der Waals surface area contributed by atoms with Crippen LogP contribution in [0.1, 0.15) is 20.7 Å². The molecule has 2 N–H and O–H groups in total. The van der Waals surface area contributed by atoms with Crippen molar-refractivity contribution in [2.45, 2.75) is 0 Å². The molecule has 0 radical (unpaired) electrons. The Labute approximate surface area is 96.4 Å². The molecule has 0 heterocycles. The second kappa shape index (κ2) is 4.42. The van der Waals surface area contributed by atoms with Crippen molar-refractivity contribution in [1.82, 2.24) is 0 Å². The smallest absolute Gasteiger partial charge is 0.336 e. The van der Waals surface area contributed by atoms with E-state index >= 15 is 0 Å². The fraction of sp³-hybridized carbons (Fsp3) is 0.111. The van der Waals surface area contributed by atoms with Crippen molar-refractivity contribution < 1.29 is 32.4 Å². The van der Waals surface area contributed by atoms with Gasteiger partial charge in [-0.2, -0.15) is 8.42 Å². The number of benzene rings is 1. The lowest BCUT2D eigenvalue weighted by atomic mass is 10.1. The van der Waals surface area contributed by atoms with Gasteiger partial charge in [0.15, 0.2) is 0 Å². The van der Waals surface area contributed by atoms with Gasteiger partial charge in [0.2, 0.25) is 0 Å². The summed E-state index contributed by atoms with van der Waals surface area (Å²) in [5.41, 5.74) is -0.989. The van der Waals surface area contributed by atoms with Crippen LogP contribution >= 0.6 is 0 Å². The second-order valence-electron chi connectivity index (χ2n) is 3.11. The number of rotatable bonds is 4. The van der Waals surface area contributed by atoms with Crippen LogP contribution in [0.5, 0.6) is 5.75 Å². The fourth-order valence-corrected chi connectivity index (χ4v) is 1.57. The second-order valence-corrected chi connectivity index (χ2v) is 4.68. The summed E-state index contributed by atoms with van der Waals surface area (Å²) >= 11 is 0. The normalized spacial score (nSPS) is 10.9. The quantitative estimate of drug-likeness (QED) is 0.753. The molecule has 0 amide bonds. The Morgan fingerprint density at radius 3 is 2.06 bits per heavy atom. The van der Waals surface area contributed by atoms with Gasteiger partial charge in [-0.25, -0.2) is 9.59 Å². The van der Waals surface area contributed by atoms with E-state index in [0.29, 0.717) is 0 Å². The third-order valence-corrected chi connectivity index (χ3v) is 2.19. The Morgan fingerprint density at radius 2 is 1.65 bits per heavy atom. The molecule has 0 atom stereocenters. The van der Waals surface area contributed by atoms with Crippen LogP contribution in [0.4, 0.5) is 0 Å². The molecule has 0 unspecified atom stereocenters. The summed E-state index contributed by atoms with van der Waals surface area (Å²) in [6.07, 6.45) is 0.790. The van der Waals surface area contributed by atoms with Gasteiger partial charge in [0, 0.05) is 0 Å². The molecule has 0 aromatic heterocycles. The zero-order chi connectivity index (χ0) is 13.2. The van der Waals surface area contributed by atoms with Crippen LogP contribution in [-0.2, 0) is 10.1 Å². The monoisotopic (exact) mass is 260 g/mol. The summed E-state index contributed by atoms with van der Waals surface area (Å²) in [6.45, 7) is 0. The van der Waals surface area contributed by atoms with Crippen LogP contribution in [0.25, 0.3) is 0 Å². The fourth-order valence-electron chi connectivity index (χ4n) is 1.11. The molecule has 0 aliphatic carbocycles. The summed E-state index contributed by atoms with van der Waals surface area (Å²) in [7, 11) is -3.79. The Bertz CT molecular complexity index is 573. The molecule has 0 bridgehead atoms. The summed E-state index contributed by atoms with van der Waals surface area (Å²) < 4.78 is 26.1. The molecule has 1 rings (SSSR count). The van der Waals surface area contributed by atoms with Gasteiger partial charge in [-0.1, -0.05) is 0 Å². The number of carboxylic acid groups (broad SMARTS) is 2. The SMILES string of the molecule is CS(=O)(=O)Oc1ccc(C(=O)O)c(C(=O)O)c1. The van der Waals surface area contributed by atoms with Crippen molar-refractivity contribution in [2.24, 2.45) is 0 Å². The van der Waals surface area contributed by atoms with Crippen LogP contribution in [0.2, 0.25) is 0 Å². The third kappa shape index (κ3) is 3.45. The summed E-state index contributed by atoms with van der Waals surface area (Å²) in [5.74, 6) is -3.16. The molecule has 8 heteroatoms. The first-order valence-electron chi connectivity index (χ1n) is 4.21. The summed E-state index contributed by atoms with van der Waals surface area (Å²) in [6, 6.07) is 2.87. The van der Waals surface area contributed by atoms with Crippen LogP contribution in [0.15, 0.2) is 18.2 Å². The van der Waals surface area contributed by atoms with Crippen molar-refractivity contribution in [1.29, 1.82) is 0 Å². The van der Waals surface area contributed by atoms with Gasteiger partial charge in [-0.3, -0.25) is 0 Å². The van der Waals surface area contributed by atoms with E-state index in [-0.39, 0.29) is 5.75 Å². The van der Waals surface area contributed by atoms with E-state index in [0.717, 1.165) is 24.5 Å². The highest BCUT2D eigenvalue weighted by Gasteiger charge is 2.17. The van der Waals surface area contributed by atoms with Crippen LogP contribution in [0, 0.1) is 0 Å². The minimum absolute atomic E-state index is 0.255. The molecule has 0 aliphatic rings. The Kier molecular flexibility index (Phi) is 3.37. The molecule has 7 nitrogen and oxygen atoms in total. The molecule has 17 heavy (non-hydrogen) atoms. The average Bonchev–Trinajstić information content (AvgIpc) is 2.14. The lowest BCUT2D eigenvalue weighted by Crippen LogP contribution is -2.10. The van der Waals surface area contributed by atoms with E-state index < -0.39 is 33.2 Å². The first-order chi connectivity index (χ1) is 7.70. The van der Waals surface area contributed by atoms with E-state index in [1.54, 1.807) is 0 Å². The number of hydrogen-bond acceptors (Lipinski definition) is 5. The molecule has 92 valence electrons. The van der Waals surface area contributed by atoms with Crippen LogP contribution in [-0.4, -0.2) is 36.8 Å². The maximum atomic E-state index is 10.8. The summed E-state index contributed by atoms with van der Waals surface area (Å²) in [5, 5.41) is 17.5. The van der Waals surface area contributed by atoms with Crippen molar-refractivity contribution in [2.75, 3.05) is 6.26 Å². The number of hydrogen-bond donors (Lipinski definition) is 2. The van der Waals surface area contributed by atoms with Crippen LogP contribution < -0.4 is 4.18 Å².